The Balaban J connectivity index is 2.22. The largest absolute Gasteiger partial charge is 0.349 e. The lowest BCUT2D eigenvalue weighted by Gasteiger charge is -2.31. The van der Waals surface area contributed by atoms with Gasteiger partial charge in [-0.05, 0) is 49.9 Å². The maximum atomic E-state index is 12.7. The van der Waals surface area contributed by atoms with Crippen LogP contribution in [0.25, 0.3) is 0 Å². The molecule has 2 atom stereocenters. The van der Waals surface area contributed by atoms with Crippen LogP contribution < -0.4 is 15.8 Å². The average molecular weight is 353 g/mol. The van der Waals surface area contributed by atoms with Crippen molar-refractivity contribution in [3.63, 3.8) is 0 Å². The van der Waals surface area contributed by atoms with E-state index in [0.29, 0.717) is 18.7 Å². The summed E-state index contributed by atoms with van der Waals surface area (Å²) in [5.74, 6) is 0.0584. The van der Waals surface area contributed by atoms with Crippen LogP contribution in [0.1, 0.15) is 48.5 Å². The van der Waals surface area contributed by atoms with E-state index in [0.717, 1.165) is 31.2 Å². The quantitative estimate of drug-likeness (QED) is 0.722. The number of hydrogen-bond acceptors (Lipinski definition) is 4. The van der Waals surface area contributed by atoms with Crippen molar-refractivity contribution >= 4 is 15.9 Å². The molecule has 0 bridgehead atoms. The van der Waals surface area contributed by atoms with Gasteiger partial charge in [0.2, 0.25) is 10.0 Å². The lowest BCUT2D eigenvalue weighted by molar-refractivity contribution is 0.0907. The molecule has 0 radical (unpaired) electrons. The van der Waals surface area contributed by atoms with Crippen molar-refractivity contribution in [3.8, 4) is 0 Å². The summed E-state index contributed by atoms with van der Waals surface area (Å²) in [7, 11) is -3.58. The second-order valence-electron chi connectivity index (χ2n) is 6.34. The van der Waals surface area contributed by atoms with E-state index in [1.807, 2.05) is 0 Å². The van der Waals surface area contributed by atoms with Crippen LogP contribution in [0.3, 0.4) is 0 Å². The van der Waals surface area contributed by atoms with Gasteiger partial charge in [0.15, 0.2) is 0 Å². The summed E-state index contributed by atoms with van der Waals surface area (Å²) in [6.07, 6.45) is 4.16. The third kappa shape index (κ3) is 4.34. The molecule has 1 saturated carbocycles. The van der Waals surface area contributed by atoms with E-state index < -0.39 is 10.0 Å². The number of carbonyl (C=O) groups excluding carboxylic acids is 1. The van der Waals surface area contributed by atoms with Crippen LogP contribution >= 0.6 is 0 Å². The minimum absolute atomic E-state index is 0.0599. The molecule has 6 nitrogen and oxygen atoms in total. The summed E-state index contributed by atoms with van der Waals surface area (Å²) < 4.78 is 26.7. The number of nitrogens with two attached hydrogens (primary N) is 1. The second kappa shape index (κ2) is 8.09. The fraction of sp³-hybridized carbons (Fsp3) is 0.588. The number of sulfonamides is 1. The van der Waals surface area contributed by atoms with Gasteiger partial charge in [0.05, 0.1) is 4.90 Å². The molecule has 0 aromatic heterocycles. The Morgan fingerprint density at radius 3 is 2.67 bits per heavy atom. The van der Waals surface area contributed by atoms with Crippen LogP contribution in [0.2, 0.25) is 0 Å². The molecule has 4 N–H and O–H groups in total. The Morgan fingerprint density at radius 1 is 1.29 bits per heavy atom. The van der Waals surface area contributed by atoms with Crippen molar-refractivity contribution in [1.82, 2.24) is 10.0 Å². The molecule has 2 rings (SSSR count). The molecule has 1 aliphatic rings. The SMILES string of the molecule is CCNS(=O)(=O)c1ccc(C)c(C(=O)NC2CCCCC2CN)c1. The first kappa shape index (κ1) is 18.9. The van der Waals surface area contributed by atoms with Gasteiger partial charge in [0.1, 0.15) is 0 Å². The Morgan fingerprint density at radius 2 is 2.00 bits per heavy atom. The highest BCUT2D eigenvalue weighted by Gasteiger charge is 2.26. The predicted octanol–water partition coefficient (Wildman–Crippen LogP) is 1.54. The summed E-state index contributed by atoms with van der Waals surface area (Å²) in [6, 6.07) is 4.70. The van der Waals surface area contributed by atoms with Gasteiger partial charge in [-0.3, -0.25) is 4.79 Å². The van der Waals surface area contributed by atoms with E-state index in [1.165, 1.54) is 12.1 Å². The van der Waals surface area contributed by atoms with E-state index in [1.54, 1.807) is 19.9 Å². The van der Waals surface area contributed by atoms with E-state index in [4.69, 9.17) is 5.73 Å². The highest BCUT2D eigenvalue weighted by molar-refractivity contribution is 7.89. The van der Waals surface area contributed by atoms with Gasteiger partial charge >= 0.3 is 0 Å². The van der Waals surface area contributed by atoms with Crippen LogP contribution in [-0.2, 0) is 10.0 Å². The number of hydrogen-bond donors (Lipinski definition) is 3. The summed E-state index contributed by atoms with van der Waals surface area (Å²) in [5, 5.41) is 3.05. The molecule has 0 aliphatic heterocycles. The molecular weight excluding hydrogens is 326 g/mol. The van der Waals surface area contributed by atoms with Gasteiger partial charge in [0, 0.05) is 18.2 Å². The molecule has 24 heavy (non-hydrogen) atoms. The van der Waals surface area contributed by atoms with Crippen LogP contribution in [0.15, 0.2) is 23.1 Å². The van der Waals surface area contributed by atoms with Crippen molar-refractivity contribution in [2.45, 2.75) is 50.5 Å². The molecule has 1 aromatic rings. The molecule has 0 spiro atoms. The third-order valence-corrected chi connectivity index (χ3v) is 6.17. The molecule has 0 heterocycles. The van der Waals surface area contributed by atoms with E-state index >= 15 is 0 Å². The molecule has 1 aliphatic carbocycles. The minimum Gasteiger partial charge on any atom is -0.349 e. The highest BCUT2D eigenvalue weighted by Crippen LogP contribution is 2.24. The van der Waals surface area contributed by atoms with Gasteiger partial charge in [-0.15, -0.1) is 0 Å². The third-order valence-electron chi connectivity index (χ3n) is 4.63. The molecular formula is C17H27N3O3S. The van der Waals surface area contributed by atoms with E-state index in [2.05, 4.69) is 10.0 Å². The Labute approximate surface area is 144 Å². The first-order valence-electron chi connectivity index (χ1n) is 8.50. The number of rotatable bonds is 6. The van der Waals surface area contributed by atoms with Gasteiger partial charge in [-0.1, -0.05) is 25.8 Å². The molecule has 134 valence electrons. The van der Waals surface area contributed by atoms with Crippen molar-refractivity contribution < 1.29 is 13.2 Å². The summed E-state index contributed by atoms with van der Waals surface area (Å²) >= 11 is 0. The number of benzene rings is 1. The smallest absolute Gasteiger partial charge is 0.251 e. The zero-order chi connectivity index (χ0) is 17.7. The fourth-order valence-electron chi connectivity index (χ4n) is 3.21. The van der Waals surface area contributed by atoms with Gasteiger partial charge in [0.25, 0.3) is 5.91 Å². The molecule has 7 heteroatoms. The lowest BCUT2D eigenvalue weighted by Crippen LogP contribution is -2.44. The molecule has 1 aromatic carbocycles. The lowest BCUT2D eigenvalue weighted by atomic mass is 9.84. The van der Waals surface area contributed by atoms with Crippen LogP contribution in [0.4, 0.5) is 0 Å². The molecule has 2 unspecified atom stereocenters. The minimum atomic E-state index is -3.58. The maximum Gasteiger partial charge on any atom is 0.251 e. The monoisotopic (exact) mass is 353 g/mol. The zero-order valence-electron chi connectivity index (χ0n) is 14.3. The number of aryl methyl sites for hydroxylation is 1. The highest BCUT2D eigenvalue weighted by atomic mass is 32.2. The number of amides is 1. The maximum absolute atomic E-state index is 12.7. The van der Waals surface area contributed by atoms with Gasteiger partial charge in [-0.2, -0.15) is 0 Å². The summed E-state index contributed by atoms with van der Waals surface area (Å²) in [5.41, 5.74) is 6.96. The second-order valence-corrected chi connectivity index (χ2v) is 8.11. The zero-order valence-corrected chi connectivity index (χ0v) is 15.2. The van der Waals surface area contributed by atoms with Crippen molar-refractivity contribution in [3.05, 3.63) is 29.3 Å². The molecule has 1 amide bonds. The van der Waals surface area contributed by atoms with Crippen molar-refractivity contribution in [2.75, 3.05) is 13.1 Å². The predicted molar refractivity (Wildman–Crippen MR) is 94.3 cm³/mol. The Bertz CT molecular complexity index is 688. The fourth-order valence-corrected chi connectivity index (χ4v) is 4.28. The average Bonchev–Trinajstić information content (AvgIpc) is 2.55. The number of carbonyl (C=O) groups is 1. The van der Waals surface area contributed by atoms with E-state index in [-0.39, 0.29) is 22.8 Å². The van der Waals surface area contributed by atoms with Gasteiger partial charge in [-0.25, -0.2) is 13.1 Å². The van der Waals surface area contributed by atoms with Crippen LogP contribution in [0, 0.1) is 12.8 Å². The standard InChI is InChI=1S/C17H27N3O3S/c1-3-19-24(22,23)14-9-8-12(2)15(10-14)17(21)20-16-7-5-4-6-13(16)11-18/h8-10,13,16,19H,3-7,11,18H2,1-2H3,(H,20,21). The Kier molecular flexibility index (Phi) is 6.37. The summed E-state index contributed by atoms with van der Waals surface area (Å²) in [4.78, 5) is 12.8. The van der Waals surface area contributed by atoms with Crippen molar-refractivity contribution in [2.24, 2.45) is 11.7 Å². The van der Waals surface area contributed by atoms with E-state index in [9.17, 15) is 13.2 Å². The Hall–Kier alpha value is -1.44. The van der Waals surface area contributed by atoms with Crippen LogP contribution in [0.5, 0.6) is 0 Å². The normalized spacial score (nSPS) is 21.5. The van der Waals surface area contributed by atoms with Crippen LogP contribution in [-0.4, -0.2) is 33.5 Å². The number of nitrogens with one attached hydrogen (secondary N) is 2. The first-order chi connectivity index (χ1) is 11.4. The summed E-state index contributed by atoms with van der Waals surface area (Å²) in [6.45, 7) is 4.38. The topological polar surface area (TPSA) is 101 Å². The first-order valence-corrected chi connectivity index (χ1v) is 9.98. The van der Waals surface area contributed by atoms with Gasteiger partial charge < -0.3 is 11.1 Å². The van der Waals surface area contributed by atoms with Crippen molar-refractivity contribution in [1.29, 1.82) is 0 Å². The molecule has 1 fully saturated rings. The molecule has 0 saturated heterocycles.